The Morgan fingerprint density at radius 2 is 1.35 bits per heavy atom. The Kier molecular flexibility index (Phi) is 25.9. The normalized spacial score (nSPS) is 9.10. The fourth-order valence-electron chi connectivity index (χ4n) is 3.52. The molecular formula is C28H30ClN15S4Zn. The van der Waals surface area contributed by atoms with E-state index in [1.54, 1.807) is 17.1 Å². The van der Waals surface area contributed by atoms with E-state index in [1.165, 1.54) is 21.6 Å². The number of nitrogens with one attached hydrogen (secondary N) is 1. The Hall–Kier alpha value is -4.66. The summed E-state index contributed by atoms with van der Waals surface area (Å²) in [6.45, 7) is 1.50. The van der Waals surface area contributed by atoms with Gasteiger partial charge in [-0.05, 0) is 47.6 Å². The Morgan fingerprint density at radius 3 is 1.82 bits per heavy atom. The molecule has 0 unspecified atom stereocenters. The van der Waals surface area contributed by atoms with E-state index in [0.717, 1.165) is 29.6 Å². The van der Waals surface area contributed by atoms with Gasteiger partial charge in [-0.25, -0.2) is 34.7 Å². The summed E-state index contributed by atoms with van der Waals surface area (Å²) in [5.41, 5.74) is 3.40. The van der Waals surface area contributed by atoms with Crippen LogP contribution in [0, 0.1) is 42.7 Å². The van der Waals surface area contributed by atoms with Crippen molar-refractivity contribution in [3.63, 3.8) is 0 Å². The number of aromatic nitrogens is 5. The van der Waals surface area contributed by atoms with Gasteiger partial charge in [0.15, 0.2) is 0 Å². The number of nitrogens with zero attached hydrogens (tertiary/aromatic N) is 14. The van der Waals surface area contributed by atoms with Crippen LogP contribution in [-0.4, -0.2) is 34.5 Å². The van der Waals surface area contributed by atoms with Crippen LogP contribution in [0.5, 0.6) is 0 Å². The number of aryl methyl sites for hydroxylation is 4. The fourth-order valence-corrected chi connectivity index (χ4v) is 3.76. The van der Waals surface area contributed by atoms with Crippen LogP contribution in [0.3, 0.4) is 0 Å². The SMILES string of the molecule is CN(CCNc1ccc(N=Nc2n(C)cc[n+]2C)cc1Cl)c1ccc(N=Nc2n(C)nc[n+]2C)cc1.N#C[S-].N#C[S-].N#C[S-].N#C[S-].[Zn+2]. The molecule has 4 aromatic rings. The van der Waals surface area contributed by atoms with Crippen LogP contribution in [0.25, 0.3) is 0 Å². The zero-order valence-electron chi connectivity index (χ0n) is 27.2. The minimum atomic E-state index is 0. The number of benzene rings is 2. The zero-order chi connectivity index (χ0) is 36.5. The van der Waals surface area contributed by atoms with E-state index in [1.807, 2.05) is 97.7 Å². The summed E-state index contributed by atoms with van der Waals surface area (Å²) in [5.74, 6) is 1.41. The molecule has 0 aliphatic heterocycles. The second kappa shape index (κ2) is 27.3. The molecule has 0 radical (unpaired) electrons. The Bertz CT molecular complexity index is 1700. The standard InChI is InChI=1S/C24H29ClN11.4CHNS.Zn/c1-32(20-9-6-18(7-10-20)28-31-24-35(4)17-27-36(24)5)13-12-26-22-11-8-19(16-21(22)25)29-30-23-33(2)14-15-34(23)3;4*2-1-3;/h6-11,14-17H,12-13H2,1-5H3;4*3H;/q+1;;;;;+2/p-3. The average molecular weight is 806 g/mol. The smallest absolute Gasteiger partial charge is 0.696 e. The number of nitriles is 4. The third kappa shape index (κ3) is 17.9. The maximum absolute atomic E-state index is 7.13. The molecule has 2 aromatic carbocycles. The molecule has 49 heavy (non-hydrogen) atoms. The number of rotatable bonds is 9. The van der Waals surface area contributed by atoms with Gasteiger partial charge in [-0.1, -0.05) is 43.4 Å². The number of likely N-dealkylation sites (N-methyl/N-ethyl adjacent to an activating group) is 1. The van der Waals surface area contributed by atoms with Gasteiger partial charge < -0.3 is 60.7 Å². The van der Waals surface area contributed by atoms with E-state index < -0.39 is 0 Å². The van der Waals surface area contributed by atoms with E-state index in [0.29, 0.717) is 23.2 Å². The first-order chi connectivity index (χ1) is 23.0. The van der Waals surface area contributed by atoms with Crippen LogP contribution in [-0.2, 0) is 98.2 Å². The van der Waals surface area contributed by atoms with Gasteiger partial charge in [0.2, 0.25) is 6.33 Å². The van der Waals surface area contributed by atoms with Gasteiger partial charge in [-0.3, -0.25) is 0 Å². The van der Waals surface area contributed by atoms with E-state index in [9.17, 15) is 0 Å². The first kappa shape index (κ1) is 46.5. The van der Waals surface area contributed by atoms with Gasteiger partial charge in [0.25, 0.3) is 0 Å². The number of anilines is 2. The maximum Gasteiger partial charge on any atom is 2.00 e. The van der Waals surface area contributed by atoms with Crippen molar-refractivity contribution in [2.45, 2.75) is 0 Å². The van der Waals surface area contributed by atoms with Crippen molar-refractivity contribution < 1.29 is 28.6 Å². The van der Waals surface area contributed by atoms with Crippen molar-refractivity contribution in [1.29, 1.82) is 21.0 Å². The summed E-state index contributed by atoms with van der Waals surface area (Å²) < 4.78 is 7.29. The third-order valence-electron chi connectivity index (χ3n) is 5.66. The van der Waals surface area contributed by atoms with Crippen LogP contribution in [0.4, 0.5) is 34.6 Å². The molecule has 2 aromatic heterocycles. The molecule has 0 aliphatic rings. The molecule has 0 saturated carbocycles. The molecule has 21 heteroatoms. The van der Waals surface area contributed by atoms with Crippen LogP contribution < -0.4 is 19.4 Å². The number of azo groups is 2. The first-order valence-corrected chi connectivity index (χ1v) is 15.1. The van der Waals surface area contributed by atoms with Crippen molar-refractivity contribution in [3.05, 3.63) is 66.2 Å². The van der Waals surface area contributed by atoms with Gasteiger partial charge in [-0.15, -0.1) is 4.68 Å². The predicted molar refractivity (Wildman–Crippen MR) is 191 cm³/mol. The van der Waals surface area contributed by atoms with Gasteiger partial charge in [0, 0.05) is 36.1 Å². The quantitative estimate of drug-likeness (QED) is 0.0825. The molecule has 2 heterocycles. The van der Waals surface area contributed by atoms with Crippen molar-refractivity contribution >= 4 is 96.8 Å². The Morgan fingerprint density at radius 1 is 0.837 bits per heavy atom. The maximum atomic E-state index is 7.13. The summed E-state index contributed by atoms with van der Waals surface area (Å²) >= 11 is 21.3. The summed E-state index contributed by atoms with van der Waals surface area (Å²) in [6, 6.07) is 13.6. The second-order valence-electron chi connectivity index (χ2n) is 8.78. The monoisotopic (exact) mass is 803 g/mol. The molecular weight excluding hydrogens is 776 g/mol. The molecule has 0 amide bonds. The van der Waals surface area contributed by atoms with E-state index >= 15 is 0 Å². The molecule has 0 spiro atoms. The summed E-state index contributed by atoms with van der Waals surface area (Å²) in [5, 5.41) is 59.2. The molecule has 0 bridgehead atoms. The fraction of sp³-hybridized carbons (Fsp3) is 0.250. The van der Waals surface area contributed by atoms with Crippen LogP contribution in [0.1, 0.15) is 0 Å². The number of halogens is 1. The minimum Gasteiger partial charge on any atom is -0.696 e. The topological polar surface area (TPSA) is 190 Å². The van der Waals surface area contributed by atoms with Crippen LogP contribution >= 0.6 is 11.6 Å². The van der Waals surface area contributed by atoms with Gasteiger partial charge >= 0.3 is 31.4 Å². The van der Waals surface area contributed by atoms with Crippen LogP contribution in [0.2, 0.25) is 5.02 Å². The molecule has 15 nitrogen and oxygen atoms in total. The molecule has 250 valence electrons. The van der Waals surface area contributed by atoms with E-state index in [2.05, 4.69) is 86.3 Å². The summed E-state index contributed by atoms with van der Waals surface area (Å²) in [4.78, 5) is 2.16. The molecule has 0 aliphatic carbocycles. The van der Waals surface area contributed by atoms with Gasteiger partial charge in [0.1, 0.15) is 5.69 Å². The minimum absolute atomic E-state index is 0. The van der Waals surface area contributed by atoms with E-state index in [-0.39, 0.29) is 19.5 Å². The van der Waals surface area contributed by atoms with Crippen molar-refractivity contribution in [2.75, 3.05) is 30.4 Å². The van der Waals surface area contributed by atoms with Crippen molar-refractivity contribution in [1.82, 2.24) is 14.3 Å². The molecule has 0 atom stereocenters. The van der Waals surface area contributed by atoms with Gasteiger partial charge in [0.05, 0.1) is 57.0 Å². The molecule has 4 rings (SSSR count). The average Bonchev–Trinajstić information content (AvgIpc) is 3.55. The van der Waals surface area contributed by atoms with Crippen molar-refractivity contribution in [3.8, 4) is 21.6 Å². The Balaban J connectivity index is 0. The molecule has 1 N–H and O–H groups in total. The second-order valence-corrected chi connectivity index (χ2v) is 9.92. The third-order valence-corrected chi connectivity index (χ3v) is 5.98. The predicted octanol–water partition coefficient (Wildman–Crippen LogP) is 4.50. The summed E-state index contributed by atoms with van der Waals surface area (Å²) in [7, 11) is 9.61. The zero-order valence-corrected chi connectivity index (χ0v) is 34.2. The number of hydrogen-bond donors (Lipinski definition) is 1. The number of thiocyanates is 4. The largest absolute Gasteiger partial charge is 2.00 e. The Labute approximate surface area is 325 Å². The number of hydrogen-bond acceptors (Lipinski definition) is 15. The first-order valence-electron chi connectivity index (χ1n) is 13.1. The van der Waals surface area contributed by atoms with Gasteiger partial charge in [-0.2, -0.15) is 0 Å². The molecule has 0 saturated heterocycles. The molecule has 0 fully saturated rings. The van der Waals surface area contributed by atoms with Crippen LogP contribution in [0.15, 0.2) is 81.6 Å². The summed E-state index contributed by atoms with van der Waals surface area (Å²) in [6.07, 6.45) is 5.54. The number of imidazole rings is 1. The van der Waals surface area contributed by atoms with E-state index in [4.69, 9.17) is 32.6 Å². The van der Waals surface area contributed by atoms with Crippen molar-refractivity contribution in [2.24, 2.45) is 48.6 Å².